The summed E-state index contributed by atoms with van der Waals surface area (Å²) in [6.45, 7) is 2.08. The molecule has 0 saturated heterocycles. The first kappa shape index (κ1) is 5.09. The minimum absolute atomic E-state index is 0.376. The summed E-state index contributed by atoms with van der Waals surface area (Å²) < 4.78 is 5.16. The Morgan fingerprint density at radius 2 is 2.56 bits per heavy atom. The zero-order valence-electron chi connectivity index (χ0n) is 5.37. The fourth-order valence-corrected chi connectivity index (χ4v) is 1.31. The van der Waals surface area contributed by atoms with Crippen LogP contribution in [0.2, 0.25) is 0 Å². The summed E-state index contributed by atoms with van der Waals surface area (Å²) in [6, 6.07) is 0.769. The van der Waals surface area contributed by atoms with Gasteiger partial charge in [0.05, 0.1) is 6.04 Å². The third kappa shape index (κ3) is 0.677. The summed E-state index contributed by atoms with van der Waals surface area (Å²) in [7, 11) is 0. The van der Waals surface area contributed by atoms with E-state index in [1.807, 2.05) is 0 Å². The van der Waals surface area contributed by atoms with Crippen LogP contribution in [-0.2, 0) is 4.74 Å². The van der Waals surface area contributed by atoms with E-state index >= 15 is 0 Å². The van der Waals surface area contributed by atoms with Crippen molar-refractivity contribution < 1.29 is 4.74 Å². The molecule has 3 atom stereocenters. The van der Waals surface area contributed by atoms with Crippen molar-refractivity contribution >= 4 is 6.02 Å². The van der Waals surface area contributed by atoms with Crippen LogP contribution in [0.3, 0.4) is 0 Å². The van der Waals surface area contributed by atoms with Crippen LogP contribution in [0.4, 0.5) is 0 Å². The zero-order chi connectivity index (χ0) is 6.43. The van der Waals surface area contributed by atoms with E-state index in [1.165, 1.54) is 0 Å². The average molecular weight is 126 g/mol. The molecule has 3 heteroatoms. The average Bonchev–Trinajstić information content (AvgIpc) is 2.43. The van der Waals surface area contributed by atoms with Crippen molar-refractivity contribution in [2.75, 3.05) is 0 Å². The summed E-state index contributed by atoms with van der Waals surface area (Å²) in [5.74, 6) is 0.664. The van der Waals surface area contributed by atoms with Crippen LogP contribution in [0.1, 0.15) is 13.3 Å². The monoisotopic (exact) mass is 126 g/mol. The van der Waals surface area contributed by atoms with E-state index < -0.39 is 0 Å². The lowest BCUT2D eigenvalue weighted by Crippen LogP contribution is -2.26. The fourth-order valence-electron chi connectivity index (χ4n) is 1.31. The van der Waals surface area contributed by atoms with Crippen LogP contribution in [0.5, 0.6) is 0 Å². The summed E-state index contributed by atoms with van der Waals surface area (Å²) >= 11 is 0. The maximum Gasteiger partial charge on any atom is 0.282 e. The van der Waals surface area contributed by atoms with Crippen LogP contribution in [0, 0.1) is 5.92 Å². The van der Waals surface area contributed by atoms with Crippen LogP contribution >= 0.6 is 0 Å². The van der Waals surface area contributed by atoms with Gasteiger partial charge in [0.2, 0.25) is 0 Å². The molecule has 1 fully saturated rings. The Hall–Kier alpha value is -0.730. The lowest BCUT2D eigenvalue weighted by atomic mass is 10.2. The highest BCUT2D eigenvalue weighted by atomic mass is 16.5. The Morgan fingerprint density at radius 1 is 1.78 bits per heavy atom. The molecular formula is C6H10N2O. The minimum atomic E-state index is 0.376. The van der Waals surface area contributed by atoms with E-state index in [9.17, 15) is 0 Å². The van der Waals surface area contributed by atoms with Crippen molar-refractivity contribution in [3.63, 3.8) is 0 Å². The number of nitrogens with zero attached hydrogens (tertiary/aromatic N) is 1. The summed E-state index contributed by atoms with van der Waals surface area (Å²) in [6.07, 6.45) is 1.54. The molecule has 2 N–H and O–H groups in total. The molecule has 1 saturated carbocycles. The van der Waals surface area contributed by atoms with E-state index in [0.29, 0.717) is 24.1 Å². The van der Waals surface area contributed by atoms with Crippen molar-refractivity contribution in [3.05, 3.63) is 0 Å². The third-order valence-corrected chi connectivity index (χ3v) is 2.00. The van der Waals surface area contributed by atoms with Crippen LogP contribution in [-0.4, -0.2) is 18.2 Å². The molecular weight excluding hydrogens is 116 g/mol. The van der Waals surface area contributed by atoms with Crippen LogP contribution in [0.25, 0.3) is 0 Å². The predicted molar refractivity (Wildman–Crippen MR) is 34.1 cm³/mol. The van der Waals surface area contributed by atoms with Crippen LogP contribution in [0.15, 0.2) is 4.99 Å². The van der Waals surface area contributed by atoms with E-state index in [1.54, 1.807) is 0 Å². The highest BCUT2D eigenvalue weighted by Gasteiger charge is 2.46. The Labute approximate surface area is 53.9 Å². The summed E-state index contributed by atoms with van der Waals surface area (Å²) in [5.41, 5.74) is 5.37. The van der Waals surface area contributed by atoms with Crippen LogP contribution < -0.4 is 5.73 Å². The number of nitrogens with two attached hydrogens (primary N) is 1. The van der Waals surface area contributed by atoms with E-state index in [0.717, 1.165) is 6.42 Å². The molecule has 0 bridgehead atoms. The molecule has 2 aliphatic rings. The van der Waals surface area contributed by atoms with Crippen molar-refractivity contribution in [1.82, 2.24) is 0 Å². The first-order valence-electron chi connectivity index (χ1n) is 3.27. The minimum Gasteiger partial charge on any atom is -0.462 e. The van der Waals surface area contributed by atoms with Crippen molar-refractivity contribution in [1.29, 1.82) is 0 Å². The molecule has 2 rings (SSSR count). The third-order valence-electron chi connectivity index (χ3n) is 2.00. The lowest BCUT2D eigenvalue weighted by Gasteiger charge is -2.13. The summed E-state index contributed by atoms with van der Waals surface area (Å²) in [5, 5.41) is 0. The fraction of sp³-hybridized carbons (Fsp3) is 0.833. The second-order valence-corrected chi connectivity index (χ2v) is 2.76. The SMILES string of the molecule is CC1N=C(N)OC2CC12. The number of rotatable bonds is 0. The number of fused-ring (bicyclic) bond motifs is 1. The van der Waals surface area contributed by atoms with Crippen molar-refractivity contribution in [2.24, 2.45) is 16.6 Å². The highest BCUT2D eigenvalue weighted by molar-refractivity contribution is 5.73. The normalized spacial score (nSPS) is 46.8. The molecule has 0 aromatic heterocycles. The molecule has 0 aromatic carbocycles. The van der Waals surface area contributed by atoms with E-state index in [4.69, 9.17) is 10.5 Å². The van der Waals surface area contributed by atoms with Gasteiger partial charge >= 0.3 is 0 Å². The standard InChI is InChI=1S/C6H10N2O/c1-3-4-2-5(4)9-6(7)8-3/h3-5H,2H2,1H3,(H2,7,8). The van der Waals surface area contributed by atoms with Crippen molar-refractivity contribution in [3.8, 4) is 0 Å². The molecule has 3 unspecified atom stereocenters. The van der Waals surface area contributed by atoms with Gasteiger partial charge in [0.25, 0.3) is 6.02 Å². The number of amidine groups is 1. The Morgan fingerprint density at radius 3 is 3.22 bits per heavy atom. The quantitative estimate of drug-likeness (QED) is 0.500. The van der Waals surface area contributed by atoms with Gasteiger partial charge in [-0.1, -0.05) is 0 Å². The molecule has 1 aliphatic heterocycles. The summed E-state index contributed by atoms with van der Waals surface area (Å²) in [4.78, 5) is 4.08. The Kier molecular flexibility index (Phi) is 0.793. The zero-order valence-corrected chi connectivity index (χ0v) is 5.37. The molecule has 3 nitrogen and oxygen atoms in total. The second-order valence-electron chi connectivity index (χ2n) is 2.76. The lowest BCUT2D eigenvalue weighted by molar-refractivity contribution is 0.239. The van der Waals surface area contributed by atoms with Gasteiger partial charge < -0.3 is 10.5 Å². The van der Waals surface area contributed by atoms with Gasteiger partial charge in [-0.3, -0.25) is 0 Å². The number of ether oxygens (including phenoxy) is 1. The number of hydrogen-bond donors (Lipinski definition) is 1. The van der Waals surface area contributed by atoms with E-state index in [2.05, 4.69) is 11.9 Å². The first-order chi connectivity index (χ1) is 4.27. The van der Waals surface area contributed by atoms with Gasteiger partial charge in [-0.2, -0.15) is 0 Å². The Bertz CT molecular complexity index is 166. The largest absolute Gasteiger partial charge is 0.462 e. The molecule has 0 aromatic rings. The highest BCUT2D eigenvalue weighted by Crippen LogP contribution is 2.40. The molecule has 9 heavy (non-hydrogen) atoms. The number of aliphatic imine (C=N–C) groups is 1. The molecule has 0 spiro atoms. The molecule has 0 radical (unpaired) electrons. The second kappa shape index (κ2) is 1.40. The number of hydrogen-bond acceptors (Lipinski definition) is 3. The van der Waals surface area contributed by atoms with Crippen molar-refractivity contribution in [2.45, 2.75) is 25.5 Å². The smallest absolute Gasteiger partial charge is 0.282 e. The molecule has 0 amide bonds. The predicted octanol–water partition coefficient (Wildman–Crippen LogP) is 0.108. The molecule has 1 heterocycles. The van der Waals surface area contributed by atoms with Gasteiger partial charge in [-0.05, 0) is 13.3 Å². The molecule has 50 valence electrons. The first-order valence-corrected chi connectivity index (χ1v) is 3.27. The van der Waals surface area contributed by atoms with E-state index in [-0.39, 0.29) is 0 Å². The Balaban J connectivity index is 2.16. The maximum absolute atomic E-state index is 5.37. The van der Waals surface area contributed by atoms with Gasteiger partial charge in [0, 0.05) is 5.92 Å². The molecule has 1 aliphatic carbocycles. The maximum atomic E-state index is 5.37. The van der Waals surface area contributed by atoms with Gasteiger partial charge in [-0.15, -0.1) is 0 Å². The van der Waals surface area contributed by atoms with Gasteiger partial charge in [0.1, 0.15) is 6.10 Å². The topological polar surface area (TPSA) is 47.6 Å². The van der Waals surface area contributed by atoms with Gasteiger partial charge in [-0.25, -0.2) is 4.99 Å². The van der Waals surface area contributed by atoms with Gasteiger partial charge in [0.15, 0.2) is 0 Å².